The predicted octanol–water partition coefficient (Wildman–Crippen LogP) is 2.16. The van der Waals surface area contributed by atoms with E-state index in [0.717, 1.165) is 12.1 Å². The summed E-state index contributed by atoms with van der Waals surface area (Å²) in [6.07, 6.45) is 2.96. The molecule has 4 nitrogen and oxygen atoms in total. The molecule has 1 amide bonds. The fourth-order valence-corrected chi connectivity index (χ4v) is 2.49. The third-order valence-corrected chi connectivity index (χ3v) is 3.58. The Morgan fingerprint density at radius 1 is 1.50 bits per heavy atom. The van der Waals surface area contributed by atoms with Gasteiger partial charge in [0.05, 0.1) is 0 Å². The molecule has 1 N–H and O–H groups in total. The highest BCUT2D eigenvalue weighted by Crippen LogP contribution is 2.27. The van der Waals surface area contributed by atoms with E-state index in [9.17, 15) is 9.59 Å². The summed E-state index contributed by atoms with van der Waals surface area (Å²) < 4.78 is 0. The first-order valence-electron chi connectivity index (χ1n) is 6.92. The van der Waals surface area contributed by atoms with Gasteiger partial charge in [-0.25, -0.2) is 0 Å². The predicted molar refractivity (Wildman–Crippen MR) is 80.0 cm³/mol. The first-order valence-corrected chi connectivity index (χ1v) is 6.92. The highest BCUT2D eigenvalue weighted by Gasteiger charge is 2.27. The summed E-state index contributed by atoms with van der Waals surface area (Å²) >= 11 is 0. The molecule has 0 spiro atoms. The number of anilines is 1. The number of nitrogens with zero attached hydrogens (tertiary/aromatic N) is 1. The molecule has 0 bridgehead atoms. The number of nitrogens with one attached hydrogen (secondary N) is 1. The van der Waals surface area contributed by atoms with Crippen LogP contribution >= 0.6 is 0 Å². The zero-order valence-corrected chi connectivity index (χ0v) is 11.8. The number of amides is 1. The molecule has 0 saturated carbocycles. The van der Waals surface area contributed by atoms with Gasteiger partial charge in [-0.3, -0.25) is 9.59 Å². The quantitative estimate of drug-likeness (QED) is 0.855. The van der Waals surface area contributed by atoms with Gasteiger partial charge < -0.3 is 10.2 Å². The van der Waals surface area contributed by atoms with Crippen LogP contribution in [0.25, 0.3) is 0 Å². The van der Waals surface area contributed by atoms with Gasteiger partial charge in [-0.05, 0) is 25.5 Å². The first kappa shape index (κ1) is 14.3. The number of fused-ring (bicyclic) bond motifs is 1. The SMILES string of the molecule is C=CCNC(=O)C(C)N1CCCC(=O)c2ccccc21. The van der Waals surface area contributed by atoms with Crippen LogP contribution < -0.4 is 10.2 Å². The van der Waals surface area contributed by atoms with Crippen molar-refractivity contribution in [1.29, 1.82) is 0 Å². The minimum absolute atomic E-state index is 0.0472. The van der Waals surface area contributed by atoms with Gasteiger partial charge in [-0.15, -0.1) is 6.58 Å². The maximum Gasteiger partial charge on any atom is 0.242 e. The van der Waals surface area contributed by atoms with E-state index >= 15 is 0 Å². The van der Waals surface area contributed by atoms with E-state index in [1.807, 2.05) is 36.1 Å². The smallest absolute Gasteiger partial charge is 0.242 e. The fourth-order valence-electron chi connectivity index (χ4n) is 2.49. The normalized spacial score (nSPS) is 16.1. The first-order chi connectivity index (χ1) is 9.65. The molecule has 1 aromatic rings. The molecule has 1 aliphatic rings. The van der Waals surface area contributed by atoms with Gasteiger partial charge in [-0.2, -0.15) is 0 Å². The molecular weight excluding hydrogens is 252 g/mol. The Morgan fingerprint density at radius 3 is 3.00 bits per heavy atom. The number of para-hydroxylation sites is 1. The Balaban J connectivity index is 2.27. The van der Waals surface area contributed by atoms with Crippen LogP contribution in [0.1, 0.15) is 30.1 Å². The number of hydrogen-bond acceptors (Lipinski definition) is 3. The van der Waals surface area contributed by atoms with E-state index in [-0.39, 0.29) is 17.7 Å². The maximum absolute atomic E-state index is 12.1. The average Bonchev–Trinajstić information content (AvgIpc) is 2.64. The molecular formula is C16H20N2O2. The van der Waals surface area contributed by atoms with Crippen LogP contribution in [0.5, 0.6) is 0 Å². The molecule has 0 aromatic heterocycles. The molecule has 0 fully saturated rings. The number of benzene rings is 1. The molecule has 0 aliphatic carbocycles. The van der Waals surface area contributed by atoms with Crippen molar-refractivity contribution in [2.75, 3.05) is 18.0 Å². The fraction of sp³-hybridized carbons (Fsp3) is 0.375. The molecule has 1 atom stereocenters. The van der Waals surface area contributed by atoms with Crippen LogP contribution in [-0.2, 0) is 4.79 Å². The Hall–Kier alpha value is -2.10. The summed E-state index contributed by atoms with van der Waals surface area (Å²) in [6.45, 7) is 6.63. The number of ketones is 1. The lowest BCUT2D eigenvalue weighted by Crippen LogP contribution is -2.45. The number of rotatable bonds is 4. The largest absolute Gasteiger partial charge is 0.359 e. The van der Waals surface area contributed by atoms with Gasteiger partial charge in [0.1, 0.15) is 6.04 Å². The van der Waals surface area contributed by atoms with Crippen molar-refractivity contribution in [1.82, 2.24) is 5.32 Å². The van der Waals surface area contributed by atoms with Crippen LogP contribution in [0.4, 0.5) is 5.69 Å². The highest BCUT2D eigenvalue weighted by molar-refractivity contribution is 6.02. The summed E-state index contributed by atoms with van der Waals surface area (Å²) in [5.74, 6) is 0.107. The minimum atomic E-state index is -0.304. The molecule has 106 valence electrons. The molecule has 4 heteroatoms. The monoisotopic (exact) mass is 272 g/mol. The number of Topliss-reactive ketones (excluding diaryl/α,β-unsaturated/α-hetero) is 1. The lowest BCUT2D eigenvalue weighted by molar-refractivity contribution is -0.121. The van der Waals surface area contributed by atoms with E-state index in [0.29, 0.717) is 25.1 Å². The topological polar surface area (TPSA) is 49.4 Å². The third kappa shape index (κ3) is 2.90. The second kappa shape index (κ2) is 6.37. The van der Waals surface area contributed by atoms with Crippen molar-refractivity contribution in [2.45, 2.75) is 25.8 Å². The van der Waals surface area contributed by atoms with Crippen molar-refractivity contribution >= 4 is 17.4 Å². The van der Waals surface area contributed by atoms with Gasteiger partial charge in [0.25, 0.3) is 0 Å². The summed E-state index contributed by atoms with van der Waals surface area (Å²) in [5.41, 5.74) is 1.57. The number of hydrogen-bond donors (Lipinski definition) is 1. The van der Waals surface area contributed by atoms with Gasteiger partial charge in [0.2, 0.25) is 5.91 Å². The van der Waals surface area contributed by atoms with E-state index in [1.54, 1.807) is 6.08 Å². The molecule has 1 unspecified atom stereocenters. The second-order valence-corrected chi connectivity index (χ2v) is 4.95. The Labute approximate surface area is 119 Å². The van der Waals surface area contributed by atoms with Crippen molar-refractivity contribution < 1.29 is 9.59 Å². The van der Waals surface area contributed by atoms with Gasteiger partial charge in [0.15, 0.2) is 5.78 Å². The molecule has 1 heterocycles. The summed E-state index contributed by atoms with van der Waals surface area (Å²) in [6, 6.07) is 7.21. The van der Waals surface area contributed by atoms with Crippen molar-refractivity contribution in [2.24, 2.45) is 0 Å². The average molecular weight is 272 g/mol. The number of carbonyl (C=O) groups excluding carboxylic acids is 2. The van der Waals surface area contributed by atoms with Crippen molar-refractivity contribution in [3.63, 3.8) is 0 Å². The van der Waals surface area contributed by atoms with Gasteiger partial charge in [-0.1, -0.05) is 18.2 Å². The Morgan fingerprint density at radius 2 is 2.25 bits per heavy atom. The Bertz CT molecular complexity index is 525. The summed E-state index contributed by atoms with van der Waals surface area (Å²) in [4.78, 5) is 26.2. The highest BCUT2D eigenvalue weighted by atomic mass is 16.2. The number of carbonyl (C=O) groups is 2. The van der Waals surface area contributed by atoms with Crippen LogP contribution in [0.15, 0.2) is 36.9 Å². The summed E-state index contributed by atoms with van der Waals surface area (Å²) in [7, 11) is 0. The molecule has 20 heavy (non-hydrogen) atoms. The van der Waals surface area contributed by atoms with E-state index in [4.69, 9.17) is 0 Å². The van der Waals surface area contributed by atoms with Crippen LogP contribution in [0, 0.1) is 0 Å². The Kier molecular flexibility index (Phi) is 4.56. The van der Waals surface area contributed by atoms with Crippen LogP contribution in [0.2, 0.25) is 0 Å². The lowest BCUT2D eigenvalue weighted by Gasteiger charge is -2.30. The van der Waals surface area contributed by atoms with Crippen molar-refractivity contribution in [3.05, 3.63) is 42.5 Å². The van der Waals surface area contributed by atoms with E-state index in [2.05, 4.69) is 11.9 Å². The lowest BCUT2D eigenvalue weighted by atomic mass is 10.1. The van der Waals surface area contributed by atoms with Crippen LogP contribution in [-0.4, -0.2) is 30.8 Å². The molecule has 0 radical (unpaired) electrons. The third-order valence-electron chi connectivity index (χ3n) is 3.58. The van der Waals surface area contributed by atoms with E-state index in [1.165, 1.54) is 0 Å². The van der Waals surface area contributed by atoms with Crippen LogP contribution in [0.3, 0.4) is 0 Å². The summed E-state index contributed by atoms with van der Waals surface area (Å²) in [5, 5.41) is 2.81. The second-order valence-electron chi connectivity index (χ2n) is 4.95. The van der Waals surface area contributed by atoms with Crippen molar-refractivity contribution in [3.8, 4) is 0 Å². The molecule has 1 aromatic carbocycles. The molecule has 1 aliphatic heterocycles. The molecule has 2 rings (SSSR count). The molecule has 0 saturated heterocycles. The van der Waals surface area contributed by atoms with E-state index < -0.39 is 0 Å². The maximum atomic E-state index is 12.1. The van der Waals surface area contributed by atoms with Gasteiger partial charge >= 0.3 is 0 Å². The standard InChI is InChI=1S/C16H20N2O2/c1-3-10-17-16(20)12(2)18-11-6-9-15(19)13-7-4-5-8-14(13)18/h3-5,7-8,12H,1,6,9-11H2,2H3,(H,17,20). The minimum Gasteiger partial charge on any atom is -0.359 e. The van der Waals surface area contributed by atoms with Gasteiger partial charge in [0, 0.05) is 30.8 Å². The zero-order valence-electron chi connectivity index (χ0n) is 11.8. The zero-order chi connectivity index (χ0) is 14.5.